The zero-order valence-corrected chi connectivity index (χ0v) is 21.2. The smallest absolute Gasteiger partial charge is 0.351 e. The van der Waals surface area contributed by atoms with Crippen LogP contribution >= 0.6 is 7.60 Å². The first-order valence-corrected chi connectivity index (χ1v) is 13.0. The Kier molecular flexibility index (Phi) is 8.77. The lowest BCUT2D eigenvalue weighted by Crippen LogP contribution is -2.42. The van der Waals surface area contributed by atoms with Gasteiger partial charge in [0.05, 0.1) is 12.7 Å². The highest BCUT2D eigenvalue weighted by Crippen LogP contribution is 2.39. The normalized spacial score (nSPS) is 31.1. The van der Waals surface area contributed by atoms with Crippen LogP contribution in [-0.4, -0.2) is 81.8 Å². The molecule has 0 amide bonds. The van der Waals surface area contributed by atoms with Crippen LogP contribution in [0, 0.1) is 0 Å². The Morgan fingerprint density at radius 1 is 0.947 bits per heavy atom. The van der Waals surface area contributed by atoms with E-state index in [9.17, 15) is 34.0 Å². The molecule has 6 atom stereocenters. The third kappa shape index (κ3) is 6.82. The molecule has 18 heteroatoms. The predicted molar refractivity (Wildman–Crippen MR) is 126 cm³/mol. The molecule has 38 heavy (non-hydrogen) atoms. The largest absolute Gasteiger partial charge is 0.394 e. The zero-order valence-electron chi connectivity index (χ0n) is 20.3. The molecule has 4 rings (SSSR count). The van der Waals surface area contributed by atoms with E-state index in [1.807, 2.05) is 0 Å². The Balaban J connectivity index is 0.000000215. The molecule has 17 nitrogen and oxygen atoms in total. The zero-order chi connectivity index (χ0) is 28.5. The maximum absolute atomic E-state index is 11.7. The minimum absolute atomic E-state index is 0.0508. The van der Waals surface area contributed by atoms with Crippen LogP contribution in [0.3, 0.4) is 0 Å². The number of aliphatic hydroxyl groups excluding tert-OH is 3. The lowest BCUT2D eigenvalue weighted by Gasteiger charge is -2.26. The fourth-order valence-electron chi connectivity index (χ4n) is 4.20. The maximum Gasteiger partial charge on any atom is 0.351 e. The van der Waals surface area contributed by atoms with Crippen LogP contribution in [0.25, 0.3) is 0 Å². The number of aromatic amines is 2. The Morgan fingerprint density at radius 3 is 1.84 bits per heavy atom. The summed E-state index contributed by atoms with van der Waals surface area (Å²) >= 11 is 0. The first-order valence-electron chi connectivity index (χ1n) is 11.2. The average molecular weight is 564 g/mol. The highest BCUT2D eigenvalue weighted by atomic mass is 31.2. The van der Waals surface area contributed by atoms with Crippen molar-refractivity contribution in [2.24, 2.45) is 0 Å². The number of aromatic nitrogens is 4. The van der Waals surface area contributed by atoms with Gasteiger partial charge in [-0.2, -0.15) is 0 Å². The summed E-state index contributed by atoms with van der Waals surface area (Å²) in [5, 5.41) is 28.5. The van der Waals surface area contributed by atoms with Gasteiger partial charge < -0.3 is 39.3 Å². The second kappa shape index (κ2) is 11.2. The monoisotopic (exact) mass is 564 g/mol. The van der Waals surface area contributed by atoms with Crippen LogP contribution in [0.4, 0.5) is 0 Å². The summed E-state index contributed by atoms with van der Waals surface area (Å²) in [5.74, 6) is 0. The number of nitrogens with zero attached hydrogens (tertiary/aromatic N) is 2. The van der Waals surface area contributed by atoms with E-state index in [4.69, 9.17) is 29.1 Å². The van der Waals surface area contributed by atoms with Crippen molar-refractivity contribution in [3.8, 4) is 0 Å². The second-order valence-electron chi connectivity index (χ2n) is 9.14. The van der Waals surface area contributed by atoms with Gasteiger partial charge in [0.1, 0.15) is 17.9 Å². The SMILES string of the molecule is C[C@]1(n2ccc(=O)[nH]c2=O)C[C@H](O)[C@@H](CO)O1.C[C@]1(n2ccc(=O)[nH]c2=O)C[C@H](O)[C@@H](OCP(=O)(O)O)O1. The summed E-state index contributed by atoms with van der Waals surface area (Å²) in [6.45, 7) is 2.78. The Hall–Kier alpha value is -2.73. The van der Waals surface area contributed by atoms with Gasteiger partial charge in [-0.3, -0.25) is 33.3 Å². The van der Waals surface area contributed by atoms with E-state index in [-0.39, 0.29) is 19.4 Å². The van der Waals surface area contributed by atoms with Crippen molar-refractivity contribution >= 4 is 7.60 Å². The molecule has 2 fully saturated rings. The van der Waals surface area contributed by atoms with Crippen LogP contribution < -0.4 is 22.5 Å². The number of hydrogen-bond donors (Lipinski definition) is 7. The molecule has 2 saturated heterocycles. The van der Waals surface area contributed by atoms with Crippen molar-refractivity contribution in [1.29, 1.82) is 0 Å². The summed E-state index contributed by atoms with van der Waals surface area (Å²) in [5.41, 5.74) is -4.77. The average Bonchev–Trinajstić information content (AvgIpc) is 3.26. The van der Waals surface area contributed by atoms with Gasteiger partial charge in [0.25, 0.3) is 11.1 Å². The maximum atomic E-state index is 11.7. The molecule has 2 aliphatic rings. The van der Waals surface area contributed by atoms with Gasteiger partial charge in [-0.15, -0.1) is 0 Å². The van der Waals surface area contributed by atoms with Gasteiger partial charge in [0.2, 0.25) is 0 Å². The fourth-order valence-corrected chi connectivity index (χ4v) is 4.54. The van der Waals surface area contributed by atoms with Crippen molar-refractivity contribution in [3.63, 3.8) is 0 Å². The standard InChI is InChI=1S/C10H15N2O8P.C10H14N2O5/c1-10(12-3-2-7(14)11-9(12)15)4-6(13)8(20-10)19-5-21(16,17)18;1-10(4-6(14)7(5-13)17-10)12-3-2-8(15)11-9(12)16/h2-3,6,8,13H,4-5H2,1H3,(H,11,14,15)(H2,16,17,18);2-3,6-7,13-14H,4-5H2,1H3,(H,11,15,16)/t6-,8-,10+;6-,7+,10+/m00/s1. The van der Waals surface area contributed by atoms with E-state index in [0.717, 1.165) is 10.6 Å². The molecule has 0 radical (unpaired) electrons. The van der Waals surface area contributed by atoms with Crippen molar-refractivity contribution < 1.29 is 43.9 Å². The van der Waals surface area contributed by atoms with E-state index in [0.29, 0.717) is 0 Å². The Morgan fingerprint density at radius 2 is 1.42 bits per heavy atom. The number of rotatable bonds is 6. The number of aliphatic hydroxyl groups is 3. The molecule has 0 aliphatic carbocycles. The molecule has 0 saturated carbocycles. The van der Waals surface area contributed by atoms with Crippen LogP contribution in [-0.2, 0) is 30.2 Å². The van der Waals surface area contributed by atoms with Crippen LogP contribution in [0.2, 0.25) is 0 Å². The topological polar surface area (TPSA) is 256 Å². The van der Waals surface area contributed by atoms with Gasteiger partial charge in [-0.1, -0.05) is 0 Å². The lowest BCUT2D eigenvalue weighted by molar-refractivity contribution is -0.201. The molecule has 4 heterocycles. The van der Waals surface area contributed by atoms with Crippen molar-refractivity contribution in [2.45, 2.75) is 62.7 Å². The molecule has 0 spiro atoms. The number of ether oxygens (including phenoxy) is 3. The van der Waals surface area contributed by atoms with Gasteiger partial charge in [0.15, 0.2) is 18.4 Å². The third-order valence-electron chi connectivity index (χ3n) is 5.95. The lowest BCUT2D eigenvalue weighted by atomic mass is 10.1. The minimum Gasteiger partial charge on any atom is -0.394 e. The molecular weight excluding hydrogens is 535 g/mol. The Bertz CT molecular complexity index is 1410. The van der Waals surface area contributed by atoms with Crippen molar-refractivity contribution in [1.82, 2.24) is 19.1 Å². The highest BCUT2D eigenvalue weighted by Gasteiger charge is 2.46. The third-order valence-corrected chi connectivity index (χ3v) is 6.43. The minimum atomic E-state index is -4.40. The molecule has 2 aromatic rings. The summed E-state index contributed by atoms with van der Waals surface area (Å²) in [7, 11) is -4.40. The van der Waals surface area contributed by atoms with Crippen LogP contribution in [0.5, 0.6) is 0 Å². The first kappa shape index (κ1) is 29.8. The van der Waals surface area contributed by atoms with Crippen molar-refractivity contribution in [2.75, 3.05) is 13.0 Å². The van der Waals surface area contributed by atoms with Crippen molar-refractivity contribution in [3.05, 3.63) is 66.2 Å². The van der Waals surface area contributed by atoms with Gasteiger partial charge in [0, 0.05) is 37.4 Å². The summed E-state index contributed by atoms with van der Waals surface area (Å²) < 4.78 is 28.7. The molecule has 2 aliphatic heterocycles. The summed E-state index contributed by atoms with van der Waals surface area (Å²) in [4.78, 5) is 67.0. The molecule has 2 aromatic heterocycles. The molecule has 0 bridgehead atoms. The number of hydrogen-bond acceptors (Lipinski definition) is 11. The molecular formula is C20H29N4O13P. The van der Waals surface area contributed by atoms with E-state index >= 15 is 0 Å². The fraction of sp³-hybridized carbons (Fsp3) is 0.600. The number of H-pyrrole nitrogens is 2. The van der Waals surface area contributed by atoms with Gasteiger partial charge in [-0.05, 0) is 13.8 Å². The van der Waals surface area contributed by atoms with E-state index < -0.39 is 72.5 Å². The first-order chi connectivity index (χ1) is 17.6. The second-order valence-corrected chi connectivity index (χ2v) is 10.7. The number of nitrogens with one attached hydrogen (secondary N) is 2. The van der Waals surface area contributed by atoms with E-state index in [1.54, 1.807) is 6.92 Å². The molecule has 0 unspecified atom stereocenters. The summed E-state index contributed by atoms with van der Waals surface area (Å²) in [6.07, 6.45) is -2.31. The molecule has 0 aromatic carbocycles. The molecule has 212 valence electrons. The van der Waals surface area contributed by atoms with Gasteiger partial charge in [-0.25, -0.2) is 9.59 Å². The van der Waals surface area contributed by atoms with Gasteiger partial charge >= 0.3 is 19.0 Å². The van der Waals surface area contributed by atoms with Crippen LogP contribution in [0.1, 0.15) is 26.7 Å². The summed E-state index contributed by atoms with van der Waals surface area (Å²) in [6, 6.07) is 2.32. The van der Waals surface area contributed by atoms with E-state index in [1.165, 1.54) is 30.0 Å². The highest BCUT2D eigenvalue weighted by molar-refractivity contribution is 7.51. The Labute approximate surface area is 213 Å². The molecule has 7 N–H and O–H groups in total. The quantitative estimate of drug-likeness (QED) is 0.171. The predicted octanol–water partition coefficient (Wildman–Crippen LogP) is -3.18. The van der Waals surface area contributed by atoms with E-state index in [2.05, 4.69) is 9.97 Å². The van der Waals surface area contributed by atoms with Crippen LogP contribution in [0.15, 0.2) is 43.7 Å².